The smallest absolute Gasteiger partial charge is 0.266 e. The van der Waals surface area contributed by atoms with Gasteiger partial charge in [-0.2, -0.15) is 0 Å². The molecule has 0 saturated carbocycles. The van der Waals surface area contributed by atoms with E-state index in [0.29, 0.717) is 24.5 Å². The van der Waals surface area contributed by atoms with Crippen LogP contribution in [0.5, 0.6) is 11.5 Å². The van der Waals surface area contributed by atoms with Gasteiger partial charge in [0, 0.05) is 5.56 Å². The number of nitrogens with one attached hydrogen (secondary N) is 1. The molecular formula is C21H22FN3O4. The molecule has 0 spiro atoms. The van der Waals surface area contributed by atoms with E-state index in [1.54, 1.807) is 0 Å². The van der Waals surface area contributed by atoms with E-state index < -0.39 is 12.0 Å². The van der Waals surface area contributed by atoms with Crippen molar-refractivity contribution in [3.8, 4) is 22.8 Å². The van der Waals surface area contributed by atoms with Gasteiger partial charge < -0.3 is 14.8 Å². The van der Waals surface area contributed by atoms with Gasteiger partial charge in [0.2, 0.25) is 5.82 Å². The monoisotopic (exact) mass is 399 g/mol. The minimum absolute atomic E-state index is 0.194. The van der Waals surface area contributed by atoms with Crippen LogP contribution >= 0.6 is 0 Å². The van der Waals surface area contributed by atoms with Gasteiger partial charge in [-0.15, -0.1) is 0 Å². The van der Waals surface area contributed by atoms with Crippen molar-refractivity contribution in [1.82, 2.24) is 10.3 Å². The van der Waals surface area contributed by atoms with Crippen LogP contribution in [0.4, 0.5) is 10.2 Å². The molecule has 8 heteroatoms. The molecule has 1 aromatic heterocycles. The Kier molecular flexibility index (Phi) is 6.43. The van der Waals surface area contributed by atoms with Crippen LogP contribution in [0.25, 0.3) is 11.3 Å². The second kappa shape index (κ2) is 9.18. The molecule has 0 aliphatic heterocycles. The van der Waals surface area contributed by atoms with Crippen molar-refractivity contribution in [3.63, 3.8) is 0 Å². The standard InChI is InChI=1S/C21H22FN3O4/c1-4-17(28-16-9-7-15(22)8-10-16)21(26)23-20-19(24-29-25-20)14-6-11-18(27-5-2)13(3)12-14/h6-12,17H,4-5H2,1-3H3,(H,23,25,26)/t17-/m1/s1. The van der Waals surface area contributed by atoms with Gasteiger partial charge in [-0.3, -0.25) is 4.79 Å². The molecule has 1 heterocycles. The lowest BCUT2D eigenvalue weighted by Gasteiger charge is -2.16. The van der Waals surface area contributed by atoms with Gasteiger partial charge in [0.15, 0.2) is 11.8 Å². The molecule has 0 aliphatic carbocycles. The summed E-state index contributed by atoms with van der Waals surface area (Å²) in [5.74, 6) is 0.584. The van der Waals surface area contributed by atoms with Gasteiger partial charge in [-0.05, 0) is 78.6 Å². The Morgan fingerprint density at radius 3 is 2.59 bits per heavy atom. The molecule has 7 nitrogen and oxygen atoms in total. The fourth-order valence-corrected chi connectivity index (χ4v) is 2.77. The predicted octanol–water partition coefficient (Wildman–Crippen LogP) is 4.38. The summed E-state index contributed by atoms with van der Waals surface area (Å²) in [5.41, 5.74) is 2.06. The highest BCUT2D eigenvalue weighted by Gasteiger charge is 2.23. The largest absolute Gasteiger partial charge is 0.494 e. The summed E-state index contributed by atoms with van der Waals surface area (Å²) in [6.07, 6.45) is -0.376. The molecule has 3 rings (SSSR count). The average molecular weight is 399 g/mol. The summed E-state index contributed by atoms with van der Waals surface area (Å²) in [4.78, 5) is 12.7. The van der Waals surface area contributed by atoms with Crippen LogP contribution in [-0.4, -0.2) is 28.9 Å². The molecule has 0 bridgehead atoms. The zero-order valence-corrected chi connectivity index (χ0v) is 16.4. The van der Waals surface area contributed by atoms with Crippen molar-refractivity contribution in [3.05, 3.63) is 53.8 Å². The Balaban J connectivity index is 1.75. The maximum absolute atomic E-state index is 13.1. The van der Waals surface area contributed by atoms with Crippen molar-refractivity contribution < 1.29 is 23.3 Å². The Morgan fingerprint density at radius 1 is 1.17 bits per heavy atom. The summed E-state index contributed by atoms with van der Waals surface area (Å²) in [6, 6.07) is 11.0. The molecule has 0 radical (unpaired) electrons. The molecule has 2 aromatic carbocycles. The van der Waals surface area contributed by atoms with E-state index in [1.807, 2.05) is 39.0 Å². The third kappa shape index (κ3) is 4.90. The number of carbonyl (C=O) groups is 1. The first-order valence-corrected chi connectivity index (χ1v) is 9.31. The van der Waals surface area contributed by atoms with E-state index >= 15 is 0 Å². The van der Waals surface area contributed by atoms with Crippen LogP contribution in [0, 0.1) is 12.7 Å². The topological polar surface area (TPSA) is 86.5 Å². The summed E-state index contributed by atoms with van der Waals surface area (Å²) in [7, 11) is 0. The summed E-state index contributed by atoms with van der Waals surface area (Å²) in [6.45, 7) is 6.22. The number of ether oxygens (including phenoxy) is 2. The van der Waals surface area contributed by atoms with E-state index in [0.717, 1.165) is 16.9 Å². The zero-order chi connectivity index (χ0) is 20.8. The second-order valence-electron chi connectivity index (χ2n) is 6.33. The molecule has 0 saturated heterocycles. The highest BCUT2D eigenvalue weighted by atomic mass is 19.1. The summed E-state index contributed by atoms with van der Waals surface area (Å²) in [5, 5.41) is 10.4. The SMILES string of the molecule is CCOc1ccc(-c2nonc2NC(=O)[C@@H](CC)Oc2ccc(F)cc2)cc1C. The third-order valence-electron chi connectivity index (χ3n) is 4.23. The highest BCUT2D eigenvalue weighted by molar-refractivity contribution is 5.96. The number of anilines is 1. The van der Waals surface area contributed by atoms with Crippen LogP contribution in [-0.2, 0) is 4.79 Å². The van der Waals surface area contributed by atoms with E-state index in [1.165, 1.54) is 24.3 Å². The molecule has 0 unspecified atom stereocenters. The van der Waals surface area contributed by atoms with Crippen LogP contribution in [0.1, 0.15) is 25.8 Å². The van der Waals surface area contributed by atoms with Gasteiger partial charge >= 0.3 is 0 Å². The van der Waals surface area contributed by atoms with Crippen LogP contribution in [0.3, 0.4) is 0 Å². The van der Waals surface area contributed by atoms with Crippen molar-refractivity contribution in [2.45, 2.75) is 33.3 Å². The van der Waals surface area contributed by atoms with E-state index in [2.05, 4.69) is 15.6 Å². The summed E-state index contributed by atoms with van der Waals surface area (Å²) < 4.78 is 29.1. The molecule has 1 amide bonds. The number of carbonyl (C=O) groups excluding carboxylic acids is 1. The molecular weight excluding hydrogens is 377 g/mol. The first-order valence-electron chi connectivity index (χ1n) is 9.31. The number of rotatable bonds is 8. The minimum Gasteiger partial charge on any atom is -0.494 e. The Morgan fingerprint density at radius 2 is 1.93 bits per heavy atom. The lowest BCUT2D eigenvalue weighted by atomic mass is 10.1. The number of hydrogen-bond acceptors (Lipinski definition) is 6. The number of benzene rings is 2. The van der Waals surface area contributed by atoms with Crippen LogP contribution in [0.15, 0.2) is 47.1 Å². The van der Waals surface area contributed by atoms with Crippen molar-refractivity contribution in [2.75, 3.05) is 11.9 Å². The normalized spacial score (nSPS) is 11.7. The van der Waals surface area contributed by atoms with Crippen molar-refractivity contribution in [2.24, 2.45) is 0 Å². The van der Waals surface area contributed by atoms with Crippen molar-refractivity contribution in [1.29, 1.82) is 0 Å². The molecule has 0 aliphatic rings. The van der Waals surface area contributed by atoms with Gasteiger partial charge in [0.05, 0.1) is 6.61 Å². The van der Waals surface area contributed by atoms with E-state index in [9.17, 15) is 9.18 Å². The van der Waals surface area contributed by atoms with Crippen molar-refractivity contribution >= 4 is 11.7 Å². The van der Waals surface area contributed by atoms with Crippen LogP contribution < -0.4 is 14.8 Å². The Hall–Kier alpha value is -3.42. The van der Waals surface area contributed by atoms with E-state index in [-0.39, 0.29) is 11.6 Å². The number of aromatic nitrogens is 2. The predicted molar refractivity (Wildman–Crippen MR) is 105 cm³/mol. The van der Waals surface area contributed by atoms with Gasteiger partial charge in [-0.1, -0.05) is 6.92 Å². The number of nitrogens with zero attached hydrogens (tertiary/aromatic N) is 2. The Labute approximate surface area is 167 Å². The van der Waals surface area contributed by atoms with E-state index in [4.69, 9.17) is 14.1 Å². The molecule has 3 aromatic rings. The fraction of sp³-hybridized carbons (Fsp3) is 0.286. The first kappa shape index (κ1) is 20.3. The minimum atomic E-state index is -0.785. The molecule has 1 N–H and O–H groups in total. The molecule has 29 heavy (non-hydrogen) atoms. The van der Waals surface area contributed by atoms with Gasteiger partial charge in [0.1, 0.15) is 17.3 Å². The summed E-state index contributed by atoms with van der Waals surface area (Å²) >= 11 is 0. The average Bonchev–Trinajstić information content (AvgIpc) is 3.17. The highest BCUT2D eigenvalue weighted by Crippen LogP contribution is 2.29. The lowest BCUT2D eigenvalue weighted by Crippen LogP contribution is -2.32. The molecule has 0 fully saturated rings. The first-order chi connectivity index (χ1) is 14.0. The lowest BCUT2D eigenvalue weighted by molar-refractivity contribution is -0.122. The maximum atomic E-state index is 13.1. The molecule has 1 atom stereocenters. The number of aryl methyl sites for hydroxylation is 1. The second-order valence-corrected chi connectivity index (χ2v) is 6.33. The van der Waals surface area contributed by atoms with Gasteiger partial charge in [-0.25, -0.2) is 9.02 Å². The maximum Gasteiger partial charge on any atom is 0.266 e. The Bertz CT molecular complexity index is 972. The molecule has 152 valence electrons. The quantitative estimate of drug-likeness (QED) is 0.605. The number of halogens is 1. The van der Waals surface area contributed by atoms with Crippen LogP contribution in [0.2, 0.25) is 0 Å². The van der Waals surface area contributed by atoms with Gasteiger partial charge in [0.25, 0.3) is 5.91 Å². The number of hydrogen-bond donors (Lipinski definition) is 1. The zero-order valence-electron chi connectivity index (χ0n) is 16.4. The third-order valence-corrected chi connectivity index (χ3v) is 4.23. The fourth-order valence-electron chi connectivity index (χ4n) is 2.77. The number of amides is 1.